The molecule has 0 radical (unpaired) electrons. The van der Waals surface area contributed by atoms with Crippen molar-refractivity contribution in [3.63, 3.8) is 0 Å². The van der Waals surface area contributed by atoms with E-state index < -0.39 is 5.97 Å². The standard InChI is InChI=1S/C17H12O2/c1-11(17(18)19)14-9-8-13-7-6-12-4-2-3-5-15(12)16(13)10-14/h2-10H,1H2,(H,18,19). The maximum atomic E-state index is 11.0. The van der Waals surface area contributed by atoms with Crippen molar-refractivity contribution in [3.8, 4) is 0 Å². The molecule has 0 heterocycles. The quantitative estimate of drug-likeness (QED) is 0.548. The zero-order chi connectivity index (χ0) is 13.4. The number of hydrogen-bond donors (Lipinski definition) is 1. The van der Waals surface area contributed by atoms with Gasteiger partial charge in [0.05, 0.1) is 5.57 Å². The Morgan fingerprint density at radius 1 is 0.895 bits per heavy atom. The largest absolute Gasteiger partial charge is 0.478 e. The van der Waals surface area contributed by atoms with E-state index in [0.717, 1.165) is 21.5 Å². The molecule has 2 nitrogen and oxygen atoms in total. The normalized spacial score (nSPS) is 10.7. The molecule has 0 atom stereocenters. The number of aliphatic carboxylic acids is 1. The van der Waals surface area contributed by atoms with Crippen LogP contribution in [-0.4, -0.2) is 11.1 Å². The molecule has 0 amide bonds. The molecule has 0 spiro atoms. The van der Waals surface area contributed by atoms with Gasteiger partial charge in [0, 0.05) is 0 Å². The Labute approximate surface area is 110 Å². The molecule has 0 saturated heterocycles. The van der Waals surface area contributed by atoms with Crippen LogP contribution in [0.25, 0.3) is 27.1 Å². The Bertz CT molecular complexity index is 816. The first kappa shape index (κ1) is 11.5. The highest BCUT2D eigenvalue weighted by Gasteiger charge is 2.08. The van der Waals surface area contributed by atoms with Gasteiger partial charge in [0.25, 0.3) is 0 Å². The smallest absolute Gasteiger partial charge is 0.335 e. The summed E-state index contributed by atoms with van der Waals surface area (Å²) >= 11 is 0. The molecule has 3 aromatic carbocycles. The van der Waals surface area contributed by atoms with Gasteiger partial charge in [-0.25, -0.2) is 4.79 Å². The molecule has 0 aromatic heterocycles. The molecule has 92 valence electrons. The van der Waals surface area contributed by atoms with Gasteiger partial charge in [-0.2, -0.15) is 0 Å². The Kier molecular flexibility index (Phi) is 2.57. The third-order valence-electron chi connectivity index (χ3n) is 3.35. The van der Waals surface area contributed by atoms with Gasteiger partial charge in [-0.15, -0.1) is 0 Å². The van der Waals surface area contributed by atoms with Gasteiger partial charge in [-0.1, -0.05) is 55.1 Å². The summed E-state index contributed by atoms with van der Waals surface area (Å²) in [6.07, 6.45) is 0. The molecule has 19 heavy (non-hydrogen) atoms. The third-order valence-corrected chi connectivity index (χ3v) is 3.35. The van der Waals surface area contributed by atoms with Gasteiger partial charge >= 0.3 is 5.97 Å². The summed E-state index contributed by atoms with van der Waals surface area (Å²) in [7, 11) is 0. The molecule has 0 saturated carbocycles. The van der Waals surface area contributed by atoms with Gasteiger partial charge < -0.3 is 5.11 Å². The Morgan fingerprint density at radius 3 is 2.26 bits per heavy atom. The monoisotopic (exact) mass is 248 g/mol. The lowest BCUT2D eigenvalue weighted by molar-refractivity contribution is -0.130. The van der Waals surface area contributed by atoms with E-state index in [1.807, 2.05) is 42.5 Å². The zero-order valence-electron chi connectivity index (χ0n) is 10.3. The highest BCUT2D eigenvalue weighted by Crippen LogP contribution is 2.27. The maximum Gasteiger partial charge on any atom is 0.335 e. The predicted molar refractivity (Wildman–Crippen MR) is 78.1 cm³/mol. The summed E-state index contributed by atoms with van der Waals surface area (Å²) in [5.41, 5.74) is 0.770. The number of carbonyl (C=O) groups is 1. The zero-order valence-corrected chi connectivity index (χ0v) is 10.3. The minimum Gasteiger partial charge on any atom is -0.478 e. The van der Waals surface area contributed by atoms with Crippen molar-refractivity contribution in [1.82, 2.24) is 0 Å². The van der Waals surface area contributed by atoms with Gasteiger partial charge in [0.2, 0.25) is 0 Å². The molecular weight excluding hydrogens is 236 g/mol. The molecule has 1 N–H and O–H groups in total. The molecule has 0 aliphatic rings. The first-order valence-corrected chi connectivity index (χ1v) is 6.01. The number of carboxylic acids is 1. The number of hydrogen-bond acceptors (Lipinski definition) is 1. The maximum absolute atomic E-state index is 11.0. The van der Waals surface area contributed by atoms with Crippen LogP contribution < -0.4 is 0 Å². The number of carboxylic acid groups (broad SMARTS) is 1. The summed E-state index contributed by atoms with van der Waals surface area (Å²) in [5.74, 6) is -0.986. The van der Waals surface area contributed by atoms with Crippen molar-refractivity contribution in [1.29, 1.82) is 0 Å². The van der Waals surface area contributed by atoms with Crippen LogP contribution in [0, 0.1) is 0 Å². The van der Waals surface area contributed by atoms with Crippen molar-refractivity contribution in [2.45, 2.75) is 0 Å². The highest BCUT2D eigenvalue weighted by atomic mass is 16.4. The fourth-order valence-corrected chi connectivity index (χ4v) is 2.31. The Hall–Kier alpha value is -2.61. The first-order chi connectivity index (χ1) is 9.16. The van der Waals surface area contributed by atoms with Gasteiger partial charge in [-0.05, 0) is 33.2 Å². The van der Waals surface area contributed by atoms with Gasteiger partial charge in [0.1, 0.15) is 0 Å². The van der Waals surface area contributed by atoms with Crippen molar-refractivity contribution in [2.24, 2.45) is 0 Å². The lowest BCUT2D eigenvalue weighted by atomic mass is 9.98. The van der Waals surface area contributed by atoms with E-state index in [0.29, 0.717) is 5.56 Å². The second kappa shape index (κ2) is 4.25. The predicted octanol–water partition coefficient (Wildman–Crippen LogP) is 4.09. The lowest BCUT2D eigenvalue weighted by Crippen LogP contribution is -1.97. The molecule has 3 rings (SSSR count). The highest BCUT2D eigenvalue weighted by molar-refractivity contribution is 6.16. The van der Waals surface area contributed by atoms with E-state index in [9.17, 15) is 4.79 Å². The van der Waals surface area contributed by atoms with Crippen molar-refractivity contribution in [3.05, 3.63) is 66.7 Å². The van der Waals surface area contributed by atoms with Crippen LogP contribution in [0.4, 0.5) is 0 Å². The third kappa shape index (κ3) is 1.87. The SMILES string of the molecule is C=C(C(=O)O)c1ccc2ccc3ccccc3c2c1. The topological polar surface area (TPSA) is 37.3 Å². The lowest BCUT2D eigenvalue weighted by Gasteiger charge is -2.07. The number of benzene rings is 3. The minimum atomic E-state index is -0.986. The molecule has 0 bridgehead atoms. The second-order valence-electron chi connectivity index (χ2n) is 4.51. The fourth-order valence-electron chi connectivity index (χ4n) is 2.31. The molecule has 3 aromatic rings. The first-order valence-electron chi connectivity index (χ1n) is 6.01. The van der Waals surface area contributed by atoms with E-state index in [1.54, 1.807) is 6.07 Å². The summed E-state index contributed by atoms with van der Waals surface area (Å²) < 4.78 is 0. The summed E-state index contributed by atoms with van der Waals surface area (Å²) in [4.78, 5) is 11.0. The summed E-state index contributed by atoms with van der Waals surface area (Å²) in [5, 5.41) is 13.4. The summed E-state index contributed by atoms with van der Waals surface area (Å²) in [6.45, 7) is 3.61. The second-order valence-corrected chi connectivity index (χ2v) is 4.51. The number of rotatable bonds is 2. The minimum absolute atomic E-state index is 0.120. The Morgan fingerprint density at radius 2 is 1.53 bits per heavy atom. The average molecular weight is 248 g/mol. The molecule has 2 heteroatoms. The fraction of sp³-hybridized carbons (Fsp3) is 0. The van der Waals surface area contributed by atoms with Crippen LogP contribution in [0.2, 0.25) is 0 Å². The van der Waals surface area contributed by atoms with Gasteiger partial charge in [-0.3, -0.25) is 0 Å². The molecule has 0 unspecified atom stereocenters. The van der Waals surface area contributed by atoms with Gasteiger partial charge in [0.15, 0.2) is 0 Å². The van der Waals surface area contributed by atoms with E-state index in [-0.39, 0.29) is 5.57 Å². The van der Waals surface area contributed by atoms with Crippen LogP contribution >= 0.6 is 0 Å². The van der Waals surface area contributed by atoms with E-state index in [1.165, 1.54) is 0 Å². The van der Waals surface area contributed by atoms with E-state index in [4.69, 9.17) is 5.11 Å². The van der Waals surface area contributed by atoms with Crippen LogP contribution in [0.3, 0.4) is 0 Å². The Balaban J connectivity index is 2.34. The van der Waals surface area contributed by atoms with Crippen LogP contribution in [-0.2, 0) is 4.79 Å². The number of fused-ring (bicyclic) bond motifs is 3. The van der Waals surface area contributed by atoms with Crippen molar-refractivity contribution < 1.29 is 9.90 Å². The molecule has 0 aliphatic heterocycles. The molecule has 0 aliphatic carbocycles. The van der Waals surface area contributed by atoms with Crippen LogP contribution in [0.1, 0.15) is 5.56 Å². The van der Waals surface area contributed by atoms with Crippen LogP contribution in [0.15, 0.2) is 61.2 Å². The van der Waals surface area contributed by atoms with Crippen molar-refractivity contribution in [2.75, 3.05) is 0 Å². The summed E-state index contributed by atoms with van der Waals surface area (Å²) in [6, 6.07) is 17.8. The molecule has 0 fully saturated rings. The van der Waals surface area contributed by atoms with E-state index in [2.05, 4.69) is 12.6 Å². The van der Waals surface area contributed by atoms with E-state index >= 15 is 0 Å². The average Bonchev–Trinajstić information content (AvgIpc) is 2.45. The van der Waals surface area contributed by atoms with Crippen molar-refractivity contribution >= 4 is 33.1 Å². The van der Waals surface area contributed by atoms with Crippen LogP contribution in [0.5, 0.6) is 0 Å². The molecular formula is C17H12O2.